The van der Waals surface area contributed by atoms with Crippen LogP contribution in [0.5, 0.6) is 0 Å². The molecule has 0 aromatic carbocycles. The van der Waals surface area contributed by atoms with E-state index in [1.54, 1.807) is 17.1 Å². The van der Waals surface area contributed by atoms with Crippen LogP contribution in [-0.4, -0.2) is 16.8 Å². The van der Waals surface area contributed by atoms with E-state index in [2.05, 4.69) is 10.4 Å². The van der Waals surface area contributed by atoms with Crippen LogP contribution in [0.15, 0.2) is 22.9 Å². The number of rotatable bonds is 3. The summed E-state index contributed by atoms with van der Waals surface area (Å²) in [6.07, 6.45) is 3.32. The average molecular weight is 240 g/mol. The lowest BCUT2D eigenvalue weighted by atomic mass is 10.1. The zero-order valence-electron chi connectivity index (χ0n) is 9.49. The number of hydrogen-bond donors (Lipinski definition) is 1. The molecule has 0 aliphatic rings. The van der Waals surface area contributed by atoms with E-state index >= 15 is 0 Å². The Hall–Kier alpha value is -1.26. The largest absolute Gasteiger partial charge is 0.467 e. The van der Waals surface area contributed by atoms with E-state index in [0.29, 0.717) is 5.02 Å². The molecule has 2 rings (SSSR count). The highest BCUT2D eigenvalue weighted by molar-refractivity contribution is 6.31. The zero-order valence-corrected chi connectivity index (χ0v) is 10.2. The minimum atomic E-state index is -0.0741. The van der Waals surface area contributed by atoms with Gasteiger partial charge < -0.3 is 9.73 Å². The molecular weight excluding hydrogens is 226 g/mol. The first-order chi connectivity index (χ1) is 7.65. The molecule has 1 atom stereocenters. The van der Waals surface area contributed by atoms with Crippen LogP contribution < -0.4 is 5.32 Å². The van der Waals surface area contributed by atoms with Gasteiger partial charge in [0.15, 0.2) is 0 Å². The Bertz CT molecular complexity index is 470. The van der Waals surface area contributed by atoms with Gasteiger partial charge in [-0.1, -0.05) is 11.6 Å². The molecule has 1 unspecified atom stereocenters. The van der Waals surface area contributed by atoms with E-state index in [1.807, 2.05) is 27.1 Å². The molecule has 1 N–H and O–H groups in total. The van der Waals surface area contributed by atoms with Crippen LogP contribution in [0.3, 0.4) is 0 Å². The second-order valence-electron chi connectivity index (χ2n) is 3.69. The molecule has 16 heavy (non-hydrogen) atoms. The van der Waals surface area contributed by atoms with Gasteiger partial charge in [-0.15, -0.1) is 0 Å². The predicted molar refractivity (Wildman–Crippen MR) is 62.6 cm³/mol. The van der Waals surface area contributed by atoms with E-state index in [4.69, 9.17) is 16.0 Å². The average Bonchev–Trinajstić information content (AvgIpc) is 2.80. The molecule has 0 spiro atoms. The fraction of sp³-hybridized carbons (Fsp3) is 0.364. The number of halogens is 1. The quantitative estimate of drug-likeness (QED) is 0.894. The van der Waals surface area contributed by atoms with Gasteiger partial charge in [0, 0.05) is 7.05 Å². The summed E-state index contributed by atoms with van der Waals surface area (Å²) in [4.78, 5) is 0. The van der Waals surface area contributed by atoms with Gasteiger partial charge in [-0.3, -0.25) is 4.68 Å². The molecule has 5 heteroatoms. The van der Waals surface area contributed by atoms with Crippen molar-refractivity contribution in [2.24, 2.45) is 7.05 Å². The SMILES string of the molecule is CNC(c1occc1C)c1c(Cl)cnn1C. The Morgan fingerprint density at radius 3 is 2.75 bits per heavy atom. The second-order valence-corrected chi connectivity index (χ2v) is 4.10. The summed E-state index contributed by atoms with van der Waals surface area (Å²) in [6.45, 7) is 2.01. The smallest absolute Gasteiger partial charge is 0.129 e. The Labute approximate surface area is 99.2 Å². The number of aryl methyl sites for hydroxylation is 2. The van der Waals surface area contributed by atoms with E-state index in [-0.39, 0.29) is 6.04 Å². The minimum Gasteiger partial charge on any atom is -0.467 e. The number of nitrogens with zero attached hydrogens (tertiary/aromatic N) is 2. The van der Waals surface area contributed by atoms with Crippen LogP contribution in [0, 0.1) is 6.92 Å². The normalized spacial score (nSPS) is 13.0. The van der Waals surface area contributed by atoms with Crippen molar-refractivity contribution in [3.05, 3.63) is 40.6 Å². The van der Waals surface area contributed by atoms with Gasteiger partial charge in [0.25, 0.3) is 0 Å². The summed E-state index contributed by atoms with van der Waals surface area (Å²) < 4.78 is 7.24. The minimum absolute atomic E-state index is 0.0741. The molecule has 4 nitrogen and oxygen atoms in total. The number of aromatic nitrogens is 2. The van der Waals surface area contributed by atoms with Crippen molar-refractivity contribution in [3.63, 3.8) is 0 Å². The Morgan fingerprint density at radius 1 is 1.56 bits per heavy atom. The van der Waals surface area contributed by atoms with Gasteiger partial charge in [0.2, 0.25) is 0 Å². The highest BCUT2D eigenvalue weighted by Crippen LogP contribution is 2.29. The van der Waals surface area contributed by atoms with Gasteiger partial charge in [0.05, 0.1) is 23.2 Å². The Kier molecular flexibility index (Phi) is 3.03. The zero-order chi connectivity index (χ0) is 11.7. The standard InChI is InChI=1S/C11H14ClN3O/c1-7-4-5-16-11(7)9(13-2)10-8(12)6-14-15(10)3/h4-6,9,13H,1-3H3. The van der Waals surface area contributed by atoms with Crippen LogP contribution in [-0.2, 0) is 7.05 Å². The van der Waals surface area contributed by atoms with E-state index in [1.165, 1.54) is 0 Å². The maximum Gasteiger partial charge on any atom is 0.129 e. The molecule has 2 heterocycles. The summed E-state index contributed by atoms with van der Waals surface area (Å²) in [7, 11) is 3.74. The highest BCUT2D eigenvalue weighted by Gasteiger charge is 2.23. The topological polar surface area (TPSA) is 43.0 Å². The van der Waals surface area contributed by atoms with Gasteiger partial charge in [-0.25, -0.2) is 0 Å². The highest BCUT2D eigenvalue weighted by atomic mass is 35.5. The molecular formula is C11H14ClN3O. The fourth-order valence-electron chi connectivity index (χ4n) is 1.82. The van der Waals surface area contributed by atoms with Gasteiger partial charge in [0.1, 0.15) is 11.8 Å². The number of hydrogen-bond acceptors (Lipinski definition) is 3. The Morgan fingerprint density at radius 2 is 2.31 bits per heavy atom. The molecule has 0 aliphatic heterocycles. The maximum absolute atomic E-state index is 6.12. The molecule has 0 amide bonds. The second kappa shape index (κ2) is 4.31. The summed E-state index contributed by atoms with van der Waals surface area (Å²) >= 11 is 6.12. The van der Waals surface area contributed by atoms with Crippen molar-refractivity contribution in [3.8, 4) is 0 Å². The fourth-order valence-corrected chi connectivity index (χ4v) is 2.09. The molecule has 0 saturated heterocycles. The summed E-state index contributed by atoms with van der Waals surface area (Å²) in [5.74, 6) is 0.869. The van der Waals surface area contributed by atoms with Crippen molar-refractivity contribution in [2.45, 2.75) is 13.0 Å². The summed E-state index contributed by atoms with van der Waals surface area (Å²) in [5.41, 5.74) is 2.00. The van der Waals surface area contributed by atoms with Gasteiger partial charge >= 0.3 is 0 Å². The Balaban J connectivity index is 2.49. The third-order valence-electron chi connectivity index (χ3n) is 2.66. The number of nitrogens with one attached hydrogen (secondary N) is 1. The number of furan rings is 1. The first kappa shape index (κ1) is 11.2. The van der Waals surface area contributed by atoms with Crippen LogP contribution in [0.1, 0.15) is 23.1 Å². The van der Waals surface area contributed by atoms with Crippen LogP contribution in [0.25, 0.3) is 0 Å². The van der Waals surface area contributed by atoms with E-state index in [0.717, 1.165) is 17.0 Å². The first-order valence-corrected chi connectivity index (χ1v) is 5.41. The van der Waals surface area contributed by atoms with E-state index in [9.17, 15) is 0 Å². The molecule has 2 aromatic heterocycles. The van der Waals surface area contributed by atoms with Crippen LogP contribution >= 0.6 is 11.6 Å². The molecule has 86 valence electrons. The van der Waals surface area contributed by atoms with Gasteiger partial charge in [-0.05, 0) is 25.6 Å². The lowest BCUT2D eigenvalue weighted by Crippen LogP contribution is -2.21. The lowest BCUT2D eigenvalue weighted by Gasteiger charge is -2.15. The molecule has 0 saturated carbocycles. The lowest BCUT2D eigenvalue weighted by molar-refractivity contribution is 0.446. The monoisotopic (exact) mass is 239 g/mol. The van der Waals surface area contributed by atoms with Crippen LogP contribution in [0.4, 0.5) is 0 Å². The third kappa shape index (κ3) is 1.74. The maximum atomic E-state index is 6.12. The van der Waals surface area contributed by atoms with Crippen molar-refractivity contribution in [1.82, 2.24) is 15.1 Å². The van der Waals surface area contributed by atoms with Crippen molar-refractivity contribution < 1.29 is 4.42 Å². The van der Waals surface area contributed by atoms with Crippen LogP contribution in [0.2, 0.25) is 5.02 Å². The third-order valence-corrected chi connectivity index (χ3v) is 2.95. The van der Waals surface area contributed by atoms with Crippen molar-refractivity contribution >= 4 is 11.6 Å². The first-order valence-electron chi connectivity index (χ1n) is 5.03. The van der Waals surface area contributed by atoms with Crippen molar-refractivity contribution in [1.29, 1.82) is 0 Å². The van der Waals surface area contributed by atoms with Crippen molar-refractivity contribution in [2.75, 3.05) is 7.05 Å². The van der Waals surface area contributed by atoms with E-state index < -0.39 is 0 Å². The summed E-state index contributed by atoms with van der Waals surface area (Å²) in [5, 5.41) is 7.95. The molecule has 2 aromatic rings. The molecule has 0 bridgehead atoms. The predicted octanol–water partition coefficient (Wildman–Crippen LogP) is 2.28. The molecule has 0 aliphatic carbocycles. The molecule has 0 radical (unpaired) electrons. The molecule has 0 fully saturated rings. The summed E-state index contributed by atoms with van der Waals surface area (Å²) in [6, 6.07) is 1.86. The van der Waals surface area contributed by atoms with Gasteiger partial charge in [-0.2, -0.15) is 5.10 Å².